The minimum atomic E-state index is -5.01. The number of Topliss-reactive ketones (excluding diaryl/α,β-unsaturated/α-hetero) is 1. The predicted octanol–water partition coefficient (Wildman–Crippen LogP) is 3.10. The van der Waals surface area contributed by atoms with E-state index in [9.17, 15) is 32.3 Å². The fraction of sp³-hybridized carbons (Fsp3) is 0.630. The molecule has 11 heteroatoms. The third kappa shape index (κ3) is 6.54. The first-order valence-corrected chi connectivity index (χ1v) is 12.9. The molecule has 38 heavy (non-hydrogen) atoms. The maximum atomic E-state index is 13.6. The average molecular weight is 538 g/mol. The molecule has 1 aliphatic carbocycles. The smallest absolute Gasteiger partial charge is 0.356 e. The number of nitrogens with one attached hydrogen (secondary N) is 2. The van der Waals surface area contributed by atoms with Crippen molar-refractivity contribution < 1.29 is 37.1 Å². The first kappa shape index (κ1) is 28.1. The molecule has 2 saturated heterocycles. The number of ketones is 1. The monoisotopic (exact) mass is 537 g/mol. The molecule has 4 rings (SSSR count). The summed E-state index contributed by atoms with van der Waals surface area (Å²) in [5, 5.41) is 5.20. The second-order valence-electron chi connectivity index (χ2n) is 11.8. The molecular weight excluding hydrogens is 503 g/mol. The molecule has 3 amide bonds. The molecule has 2 aliphatic heterocycles. The number of alkyl halides is 3. The van der Waals surface area contributed by atoms with E-state index in [1.165, 1.54) is 4.90 Å². The lowest BCUT2D eigenvalue weighted by atomic mass is 9.86. The molecular formula is C27H34F3N3O5. The van der Waals surface area contributed by atoms with Gasteiger partial charge in [-0.1, -0.05) is 32.9 Å². The minimum Gasteiger partial charge on any atom is -0.356 e. The molecule has 3 aliphatic rings. The number of benzene rings is 1. The predicted molar refractivity (Wildman–Crippen MR) is 131 cm³/mol. The summed E-state index contributed by atoms with van der Waals surface area (Å²) in [6.07, 6.45) is -2.60. The van der Waals surface area contributed by atoms with Crippen LogP contribution in [-0.4, -0.2) is 66.5 Å². The third-order valence-corrected chi connectivity index (χ3v) is 7.77. The third-order valence-electron chi connectivity index (χ3n) is 7.77. The van der Waals surface area contributed by atoms with Crippen LogP contribution in [0.25, 0.3) is 0 Å². The van der Waals surface area contributed by atoms with Gasteiger partial charge in [-0.05, 0) is 60.6 Å². The van der Waals surface area contributed by atoms with Gasteiger partial charge in [0.05, 0.1) is 6.04 Å². The maximum Gasteiger partial charge on any atom is 0.522 e. The number of hydrogen-bond donors (Lipinski definition) is 2. The van der Waals surface area contributed by atoms with Crippen LogP contribution in [-0.2, 0) is 24.5 Å². The number of hydrogen-bond acceptors (Lipinski definition) is 5. The van der Waals surface area contributed by atoms with E-state index in [-0.39, 0.29) is 29.1 Å². The van der Waals surface area contributed by atoms with Crippen molar-refractivity contribution in [3.8, 4) is 0 Å². The Morgan fingerprint density at radius 2 is 1.92 bits per heavy atom. The topological polar surface area (TPSA) is 105 Å². The van der Waals surface area contributed by atoms with Crippen molar-refractivity contribution in [2.75, 3.05) is 19.7 Å². The van der Waals surface area contributed by atoms with Gasteiger partial charge >= 0.3 is 6.36 Å². The largest absolute Gasteiger partial charge is 0.522 e. The first-order chi connectivity index (χ1) is 17.7. The Morgan fingerprint density at radius 3 is 2.50 bits per heavy atom. The van der Waals surface area contributed by atoms with Crippen LogP contribution < -0.4 is 10.6 Å². The van der Waals surface area contributed by atoms with E-state index in [2.05, 4.69) is 15.4 Å². The van der Waals surface area contributed by atoms with Gasteiger partial charge in [0.15, 0.2) is 5.78 Å². The number of halogens is 3. The lowest BCUT2D eigenvalue weighted by Gasteiger charge is -2.27. The summed E-state index contributed by atoms with van der Waals surface area (Å²) < 4.78 is 41.4. The van der Waals surface area contributed by atoms with Crippen molar-refractivity contribution in [3.05, 3.63) is 35.4 Å². The van der Waals surface area contributed by atoms with Gasteiger partial charge in [0.25, 0.3) is 5.91 Å². The van der Waals surface area contributed by atoms with Gasteiger partial charge in [-0.25, -0.2) is 0 Å². The van der Waals surface area contributed by atoms with Crippen molar-refractivity contribution in [1.82, 2.24) is 15.5 Å². The molecule has 1 aromatic carbocycles. The van der Waals surface area contributed by atoms with Crippen molar-refractivity contribution in [2.45, 2.75) is 76.7 Å². The highest BCUT2D eigenvalue weighted by molar-refractivity contribution is 5.99. The quantitative estimate of drug-likeness (QED) is 0.531. The Bertz CT molecular complexity index is 1110. The van der Waals surface area contributed by atoms with Crippen molar-refractivity contribution >= 4 is 23.5 Å². The molecule has 0 aromatic heterocycles. The second kappa shape index (κ2) is 10.3. The molecule has 0 bridgehead atoms. The van der Waals surface area contributed by atoms with Gasteiger partial charge in [-0.15, -0.1) is 13.2 Å². The zero-order valence-corrected chi connectivity index (χ0v) is 21.8. The summed E-state index contributed by atoms with van der Waals surface area (Å²) in [6.45, 7) is 5.60. The number of likely N-dealkylation sites (tertiary alicyclic amines) is 1. The van der Waals surface area contributed by atoms with Crippen LogP contribution in [0.4, 0.5) is 13.2 Å². The van der Waals surface area contributed by atoms with Crippen LogP contribution in [0.1, 0.15) is 68.8 Å². The van der Waals surface area contributed by atoms with Gasteiger partial charge in [0.1, 0.15) is 12.6 Å². The molecule has 0 unspecified atom stereocenters. The highest BCUT2D eigenvalue weighted by Gasteiger charge is 2.55. The molecule has 3 fully saturated rings. The number of nitrogens with zero attached hydrogens (tertiary/aromatic N) is 1. The highest BCUT2D eigenvalue weighted by Crippen LogP contribution is 2.55. The van der Waals surface area contributed by atoms with Crippen LogP contribution in [0.2, 0.25) is 0 Å². The van der Waals surface area contributed by atoms with Crippen molar-refractivity contribution in [1.29, 1.82) is 0 Å². The maximum absolute atomic E-state index is 13.6. The average Bonchev–Trinajstić information content (AvgIpc) is 3.30. The van der Waals surface area contributed by atoms with Gasteiger partial charge in [-0.2, -0.15) is 0 Å². The number of carbonyl (C=O) groups is 4. The lowest BCUT2D eigenvalue weighted by molar-refractivity contribution is -0.321. The Hall–Kier alpha value is -2.95. The summed E-state index contributed by atoms with van der Waals surface area (Å²) in [6, 6.07) is 5.02. The summed E-state index contributed by atoms with van der Waals surface area (Å²) >= 11 is 0. The first-order valence-electron chi connectivity index (χ1n) is 12.9. The number of amides is 3. The van der Waals surface area contributed by atoms with Gasteiger partial charge in [0.2, 0.25) is 11.8 Å². The number of rotatable bonds is 8. The second-order valence-corrected chi connectivity index (χ2v) is 11.8. The van der Waals surface area contributed by atoms with E-state index in [4.69, 9.17) is 0 Å². The SMILES string of the molecule is CC(C)(C)c1cccc(C(=O)N2CC3(CC3)C[C@H]2C(=O)N[C@@H](C[C@@H]2CCNC2=O)C(=O)COC(F)(F)F)c1. The number of ether oxygens (including phenoxy) is 1. The molecule has 8 nitrogen and oxygen atoms in total. The van der Waals surface area contributed by atoms with E-state index >= 15 is 0 Å². The zero-order chi connectivity index (χ0) is 27.9. The van der Waals surface area contributed by atoms with Gasteiger partial charge in [-0.3, -0.25) is 23.9 Å². The normalized spacial score (nSPS) is 23.3. The Morgan fingerprint density at radius 1 is 1.21 bits per heavy atom. The van der Waals surface area contributed by atoms with Crippen LogP contribution in [0.5, 0.6) is 0 Å². The van der Waals surface area contributed by atoms with E-state index in [1.807, 2.05) is 32.9 Å². The molecule has 2 N–H and O–H groups in total. The Kier molecular flexibility index (Phi) is 7.62. The van der Waals surface area contributed by atoms with E-state index in [0.29, 0.717) is 31.5 Å². The number of carbonyl (C=O) groups excluding carboxylic acids is 4. The van der Waals surface area contributed by atoms with E-state index in [0.717, 1.165) is 18.4 Å². The molecule has 1 spiro atoms. The fourth-order valence-corrected chi connectivity index (χ4v) is 5.27. The standard InChI is InChI=1S/C27H34F3N3O5/c1-25(2,3)18-6-4-5-17(11-18)24(37)33-15-26(8-9-26)13-20(33)23(36)32-19(12-16-7-10-31-22(16)35)21(34)14-38-27(28,29)30/h4-6,11,16,19-20H,7-10,12-15H2,1-3H3,(H,31,35)(H,32,36)/t16-,19-,20-/m0/s1. The summed E-state index contributed by atoms with van der Waals surface area (Å²) in [5.74, 6) is -2.84. The highest BCUT2D eigenvalue weighted by atomic mass is 19.4. The Labute approximate surface area is 219 Å². The molecule has 0 radical (unpaired) electrons. The van der Waals surface area contributed by atoms with E-state index in [1.54, 1.807) is 12.1 Å². The molecule has 208 valence electrons. The minimum absolute atomic E-state index is 0.142. The van der Waals surface area contributed by atoms with Crippen LogP contribution in [0.3, 0.4) is 0 Å². The van der Waals surface area contributed by atoms with E-state index < -0.39 is 42.7 Å². The molecule has 2 heterocycles. The molecule has 3 atom stereocenters. The van der Waals surface area contributed by atoms with Crippen molar-refractivity contribution in [2.24, 2.45) is 11.3 Å². The Balaban J connectivity index is 1.53. The summed E-state index contributed by atoms with van der Waals surface area (Å²) in [5.41, 5.74) is 1.06. The van der Waals surface area contributed by atoms with Crippen LogP contribution in [0, 0.1) is 11.3 Å². The van der Waals surface area contributed by atoms with Crippen LogP contribution in [0.15, 0.2) is 24.3 Å². The van der Waals surface area contributed by atoms with Crippen molar-refractivity contribution in [3.63, 3.8) is 0 Å². The van der Waals surface area contributed by atoms with Gasteiger partial charge in [0, 0.05) is 24.6 Å². The van der Waals surface area contributed by atoms with Crippen LogP contribution >= 0.6 is 0 Å². The zero-order valence-electron chi connectivity index (χ0n) is 21.8. The summed E-state index contributed by atoms with van der Waals surface area (Å²) in [4.78, 5) is 53.4. The fourth-order valence-electron chi connectivity index (χ4n) is 5.27. The summed E-state index contributed by atoms with van der Waals surface area (Å²) in [7, 11) is 0. The molecule has 1 aromatic rings. The lowest BCUT2D eigenvalue weighted by Crippen LogP contribution is -2.52. The van der Waals surface area contributed by atoms with Gasteiger partial charge < -0.3 is 15.5 Å². The molecule has 1 saturated carbocycles.